The Hall–Kier alpha value is -0.920. The fourth-order valence-corrected chi connectivity index (χ4v) is 0.448. The standard InChI is InChI=1S/C8H12O2/c1-4-7(9)5-8(10)6(2)3/h4,6H,1,5H2,2-3H3. The largest absolute Gasteiger partial charge is 0.299 e. The molecule has 0 radical (unpaired) electrons. The van der Waals surface area contributed by atoms with Crippen molar-refractivity contribution in [3.63, 3.8) is 0 Å². The number of hydrogen-bond donors (Lipinski definition) is 0. The highest BCUT2D eigenvalue weighted by Gasteiger charge is 2.09. The first kappa shape index (κ1) is 9.08. The summed E-state index contributed by atoms with van der Waals surface area (Å²) >= 11 is 0. The number of rotatable bonds is 4. The third-order valence-electron chi connectivity index (χ3n) is 1.22. The molecule has 0 spiro atoms. The van der Waals surface area contributed by atoms with Crippen molar-refractivity contribution in [2.24, 2.45) is 5.92 Å². The van der Waals surface area contributed by atoms with E-state index in [0.29, 0.717) is 0 Å². The average Bonchev–Trinajstić information content (AvgIpc) is 1.87. The average molecular weight is 140 g/mol. The van der Waals surface area contributed by atoms with Crippen LogP contribution in [0.3, 0.4) is 0 Å². The third-order valence-corrected chi connectivity index (χ3v) is 1.22. The van der Waals surface area contributed by atoms with E-state index in [2.05, 4.69) is 6.58 Å². The van der Waals surface area contributed by atoms with E-state index in [1.54, 1.807) is 13.8 Å². The molecule has 0 bridgehead atoms. The van der Waals surface area contributed by atoms with Crippen LogP contribution in [0.25, 0.3) is 0 Å². The van der Waals surface area contributed by atoms with E-state index < -0.39 is 0 Å². The van der Waals surface area contributed by atoms with Gasteiger partial charge in [-0.1, -0.05) is 20.4 Å². The minimum Gasteiger partial charge on any atom is -0.299 e. The summed E-state index contributed by atoms with van der Waals surface area (Å²) in [5, 5.41) is 0. The Morgan fingerprint density at radius 1 is 1.50 bits per heavy atom. The first-order valence-electron chi connectivity index (χ1n) is 3.26. The number of hydrogen-bond acceptors (Lipinski definition) is 2. The maximum atomic E-state index is 10.8. The first-order valence-corrected chi connectivity index (χ1v) is 3.26. The smallest absolute Gasteiger partial charge is 0.162 e. The molecule has 0 aliphatic heterocycles. The van der Waals surface area contributed by atoms with Crippen LogP contribution in [0, 0.1) is 5.92 Å². The van der Waals surface area contributed by atoms with Gasteiger partial charge in [0.25, 0.3) is 0 Å². The molecule has 0 amide bonds. The molecule has 0 saturated carbocycles. The van der Waals surface area contributed by atoms with Crippen molar-refractivity contribution in [1.29, 1.82) is 0 Å². The van der Waals surface area contributed by atoms with E-state index >= 15 is 0 Å². The van der Waals surface area contributed by atoms with Crippen LogP contribution in [0.2, 0.25) is 0 Å². The van der Waals surface area contributed by atoms with Gasteiger partial charge in [0, 0.05) is 5.92 Å². The molecule has 0 saturated heterocycles. The van der Waals surface area contributed by atoms with Crippen LogP contribution in [0.1, 0.15) is 20.3 Å². The minimum atomic E-state index is -0.196. The first-order chi connectivity index (χ1) is 4.57. The summed E-state index contributed by atoms with van der Waals surface area (Å²) < 4.78 is 0. The van der Waals surface area contributed by atoms with Gasteiger partial charge in [0.2, 0.25) is 0 Å². The van der Waals surface area contributed by atoms with Crippen molar-refractivity contribution in [3.05, 3.63) is 12.7 Å². The summed E-state index contributed by atoms with van der Waals surface area (Å²) in [5.74, 6) is -0.271. The summed E-state index contributed by atoms with van der Waals surface area (Å²) in [5.41, 5.74) is 0. The van der Waals surface area contributed by atoms with Gasteiger partial charge in [-0.3, -0.25) is 9.59 Å². The zero-order valence-electron chi connectivity index (χ0n) is 6.39. The van der Waals surface area contributed by atoms with Crippen LogP contribution >= 0.6 is 0 Å². The van der Waals surface area contributed by atoms with E-state index in [1.165, 1.54) is 6.08 Å². The number of carbonyl (C=O) groups excluding carboxylic acids is 2. The van der Waals surface area contributed by atoms with Crippen LogP contribution in [-0.4, -0.2) is 11.6 Å². The number of carbonyl (C=O) groups is 2. The number of allylic oxidation sites excluding steroid dienone is 1. The van der Waals surface area contributed by atoms with Crippen molar-refractivity contribution < 1.29 is 9.59 Å². The molecule has 0 rings (SSSR count). The van der Waals surface area contributed by atoms with E-state index in [9.17, 15) is 9.59 Å². The second kappa shape index (κ2) is 3.99. The predicted octanol–water partition coefficient (Wildman–Crippen LogP) is 1.36. The summed E-state index contributed by atoms with van der Waals surface area (Å²) in [4.78, 5) is 21.4. The normalized spacial score (nSPS) is 9.50. The van der Waals surface area contributed by atoms with Crippen LogP contribution in [-0.2, 0) is 9.59 Å². The molecule has 0 fully saturated rings. The Morgan fingerprint density at radius 2 is 2.00 bits per heavy atom. The van der Waals surface area contributed by atoms with Crippen LogP contribution < -0.4 is 0 Å². The van der Waals surface area contributed by atoms with Gasteiger partial charge in [0.15, 0.2) is 5.78 Å². The fourth-order valence-electron chi connectivity index (χ4n) is 0.448. The van der Waals surface area contributed by atoms with Gasteiger partial charge in [0.05, 0.1) is 6.42 Å². The molecular weight excluding hydrogens is 128 g/mol. The van der Waals surface area contributed by atoms with Gasteiger partial charge in [-0.05, 0) is 6.08 Å². The lowest BCUT2D eigenvalue weighted by atomic mass is 10.0. The zero-order valence-corrected chi connectivity index (χ0v) is 6.39. The molecular formula is C8H12O2. The van der Waals surface area contributed by atoms with Crippen molar-refractivity contribution >= 4 is 11.6 Å². The minimum absolute atomic E-state index is 0.00116. The lowest BCUT2D eigenvalue weighted by Gasteiger charge is -1.98. The Labute approximate surface area is 60.9 Å². The lowest BCUT2D eigenvalue weighted by molar-refractivity contribution is -0.126. The molecule has 0 aromatic heterocycles. The van der Waals surface area contributed by atoms with Gasteiger partial charge in [-0.2, -0.15) is 0 Å². The maximum absolute atomic E-state index is 10.8. The topological polar surface area (TPSA) is 34.1 Å². The molecule has 0 unspecified atom stereocenters. The molecule has 0 heterocycles. The van der Waals surface area contributed by atoms with Gasteiger partial charge < -0.3 is 0 Å². The van der Waals surface area contributed by atoms with Crippen molar-refractivity contribution in [2.75, 3.05) is 0 Å². The molecule has 2 heteroatoms. The van der Waals surface area contributed by atoms with Gasteiger partial charge >= 0.3 is 0 Å². The van der Waals surface area contributed by atoms with E-state index in [0.717, 1.165) is 0 Å². The molecule has 0 aliphatic rings. The number of Topliss-reactive ketones (excluding diaryl/α,β-unsaturated/α-hetero) is 1. The highest BCUT2D eigenvalue weighted by atomic mass is 16.1. The molecule has 0 aromatic rings. The third kappa shape index (κ3) is 3.17. The Bertz CT molecular complexity index is 157. The van der Waals surface area contributed by atoms with Crippen molar-refractivity contribution in [2.45, 2.75) is 20.3 Å². The Balaban J connectivity index is 3.80. The van der Waals surface area contributed by atoms with Crippen molar-refractivity contribution in [3.8, 4) is 0 Å². The molecule has 0 aliphatic carbocycles. The SMILES string of the molecule is C=CC(=O)CC(=O)C(C)C. The van der Waals surface area contributed by atoms with Gasteiger partial charge in [-0.15, -0.1) is 0 Å². The van der Waals surface area contributed by atoms with Crippen LogP contribution in [0.4, 0.5) is 0 Å². The predicted molar refractivity (Wildman–Crippen MR) is 39.7 cm³/mol. The van der Waals surface area contributed by atoms with E-state index in [4.69, 9.17) is 0 Å². The molecule has 0 N–H and O–H groups in total. The Morgan fingerprint density at radius 3 is 2.30 bits per heavy atom. The highest BCUT2D eigenvalue weighted by Crippen LogP contribution is 1.98. The molecule has 56 valence electrons. The molecule has 10 heavy (non-hydrogen) atoms. The molecule has 2 nitrogen and oxygen atoms in total. The van der Waals surface area contributed by atoms with Crippen molar-refractivity contribution in [1.82, 2.24) is 0 Å². The second-order valence-electron chi connectivity index (χ2n) is 2.47. The second-order valence-corrected chi connectivity index (χ2v) is 2.47. The monoisotopic (exact) mass is 140 g/mol. The van der Waals surface area contributed by atoms with Crippen LogP contribution in [0.15, 0.2) is 12.7 Å². The highest BCUT2D eigenvalue weighted by molar-refractivity contribution is 6.04. The summed E-state index contributed by atoms with van der Waals surface area (Å²) in [6, 6.07) is 0. The van der Waals surface area contributed by atoms with Gasteiger partial charge in [-0.25, -0.2) is 0 Å². The molecule has 0 atom stereocenters. The van der Waals surface area contributed by atoms with E-state index in [-0.39, 0.29) is 23.9 Å². The Kier molecular flexibility index (Phi) is 3.62. The number of ketones is 2. The maximum Gasteiger partial charge on any atom is 0.162 e. The van der Waals surface area contributed by atoms with Crippen LogP contribution in [0.5, 0.6) is 0 Å². The summed E-state index contributed by atoms with van der Waals surface area (Å²) in [7, 11) is 0. The molecule has 0 aromatic carbocycles. The fraction of sp³-hybridized carbons (Fsp3) is 0.500. The lowest BCUT2D eigenvalue weighted by Crippen LogP contribution is -2.11. The summed E-state index contributed by atoms with van der Waals surface area (Å²) in [6.07, 6.45) is 1.18. The summed E-state index contributed by atoms with van der Waals surface area (Å²) in [6.45, 7) is 6.82. The van der Waals surface area contributed by atoms with E-state index in [1.807, 2.05) is 0 Å². The quantitative estimate of drug-likeness (QED) is 0.436. The van der Waals surface area contributed by atoms with Gasteiger partial charge in [0.1, 0.15) is 5.78 Å². The zero-order chi connectivity index (χ0) is 8.15.